The van der Waals surface area contributed by atoms with Crippen molar-refractivity contribution >= 4 is 46.2 Å². The largest absolute Gasteiger partial charge is 0.462 e. The van der Waals surface area contributed by atoms with Crippen LogP contribution in [0.5, 0.6) is 0 Å². The maximum Gasteiger partial charge on any atom is 0.416 e. The van der Waals surface area contributed by atoms with Crippen LogP contribution < -0.4 is 5.32 Å². The zero-order valence-electron chi connectivity index (χ0n) is 12.6. The van der Waals surface area contributed by atoms with E-state index in [0.29, 0.717) is 16.4 Å². The molecule has 1 aliphatic rings. The highest BCUT2D eigenvalue weighted by Crippen LogP contribution is 2.36. The van der Waals surface area contributed by atoms with Crippen LogP contribution in [0.4, 0.5) is 18.9 Å². The SMILES string of the molecule is Cc1ccc(/C=C2/SC(=Nc3cc(C(F)(F)F)ccc3Cl)NC2=O)o1. The van der Waals surface area contributed by atoms with Crippen molar-refractivity contribution in [2.45, 2.75) is 13.1 Å². The van der Waals surface area contributed by atoms with Gasteiger partial charge in [0.15, 0.2) is 5.17 Å². The second kappa shape index (κ2) is 6.61. The van der Waals surface area contributed by atoms with Crippen molar-refractivity contribution in [3.63, 3.8) is 0 Å². The van der Waals surface area contributed by atoms with Crippen LogP contribution in [0.1, 0.15) is 17.1 Å². The molecule has 1 N–H and O–H groups in total. The summed E-state index contributed by atoms with van der Waals surface area (Å²) in [5.74, 6) is 0.772. The van der Waals surface area contributed by atoms with Crippen molar-refractivity contribution in [1.29, 1.82) is 0 Å². The van der Waals surface area contributed by atoms with Crippen molar-refractivity contribution in [3.8, 4) is 0 Å². The van der Waals surface area contributed by atoms with Gasteiger partial charge in [-0.25, -0.2) is 4.99 Å². The Kier molecular flexibility index (Phi) is 4.66. The summed E-state index contributed by atoms with van der Waals surface area (Å²) >= 11 is 6.89. The number of alkyl halides is 3. The molecule has 0 atom stereocenters. The third-order valence-electron chi connectivity index (χ3n) is 3.18. The summed E-state index contributed by atoms with van der Waals surface area (Å²) in [4.78, 5) is 16.3. The first-order valence-electron chi connectivity index (χ1n) is 6.95. The van der Waals surface area contributed by atoms with Gasteiger partial charge < -0.3 is 9.73 Å². The number of benzene rings is 1. The van der Waals surface area contributed by atoms with Crippen LogP contribution in [0.2, 0.25) is 5.02 Å². The van der Waals surface area contributed by atoms with Gasteiger partial charge >= 0.3 is 6.18 Å². The number of halogens is 4. The summed E-state index contributed by atoms with van der Waals surface area (Å²) in [7, 11) is 0. The summed E-state index contributed by atoms with van der Waals surface area (Å²) in [6.45, 7) is 1.77. The summed E-state index contributed by atoms with van der Waals surface area (Å²) in [5.41, 5.74) is -0.943. The maximum atomic E-state index is 12.8. The Morgan fingerprint density at radius 1 is 1.28 bits per heavy atom. The van der Waals surface area contributed by atoms with Crippen LogP contribution >= 0.6 is 23.4 Å². The van der Waals surface area contributed by atoms with Crippen molar-refractivity contribution in [2.75, 3.05) is 0 Å². The molecule has 25 heavy (non-hydrogen) atoms. The number of furan rings is 1. The molecule has 0 unspecified atom stereocenters. The Morgan fingerprint density at radius 3 is 2.68 bits per heavy atom. The molecule has 1 amide bonds. The lowest BCUT2D eigenvalue weighted by atomic mass is 10.2. The van der Waals surface area contributed by atoms with Crippen LogP contribution in [-0.4, -0.2) is 11.1 Å². The van der Waals surface area contributed by atoms with E-state index in [1.807, 2.05) is 0 Å². The van der Waals surface area contributed by atoms with Gasteiger partial charge in [0.2, 0.25) is 0 Å². The zero-order valence-corrected chi connectivity index (χ0v) is 14.2. The van der Waals surface area contributed by atoms with Crippen LogP contribution in [-0.2, 0) is 11.0 Å². The average Bonchev–Trinajstić information content (AvgIpc) is 3.07. The first-order valence-corrected chi connectivity index (χ1v) is 8.14. The number of amidine groups is 1. The van der Waals surface area contributed by atoms with E-state index in [4.69, 9.17) is 16.0 Å². The van der Waals surface area contributed by atoms with Gasteiger partial charge in [-0.2, -0.15) is 13.2 Å². The van der Waals surface area contributed by atoms with Gasteiger partial charge in [0.05, 0.1) is 21.2 Å². The third-order valence-corrected chi connectivity index (χ3v) is 4.41. The molecular formula is C16H10ClF3N2O2S. The first-order chi connectivity index (χ1) is 11.7. The number of aryl methyl sites for hydroxylation is 1. The normalized spacial score (nSPS) is 18.2. The van der Waals surface area contributed by atoms with E-state index in [0.717, 1.165) is 30.0 Å². The van der Waals surface area contributed by atoms with Crippen molar-refractivity contribution in [3.05, 3.63) is 57.3 Å². The Morgan fingerprint density at radius 2 is 2.04 bits per heavy atom. The van der Waals surface area contributed by atoms with E-state index in [-0.39, 0.29) is 15.9 Å². The Bertz CT molecular complexity index is 903. The topological polar surface area (TPSA) is 54.6 Å². The van der Waals surface area contributed by atoms with Gasteiger partial charge in [0.1, 0.15) is 11.5 Å². The molecule has 2 aromatic rings. The van der Waals surface area contributed by atoms with Crippen LogP contribution in [0, 0.1) is 6.92 Å². The highest BCUT2D eigenvalue weighted by Gasteiger charge is 2.31. The Hall–Kier alpha value is -2.19. The second-order valence-electron chi connectivity index (χ2n) is 5.09. The number of carbonyl (C=O) groups excluding carboxylic acids is 1. The van der Waals surface area contributed by atoms with Gasteiger partial charge in [-0.15, -0.1) is 0 Å². The minimum atomic E-state index is -4.51. The molecule has 2 heterocycles. The molecule has 1 fully saturated rings. The number of hydrogen-bond donors (Lipinski definition) is 1. The summed E-state index contributed by atoms with van der Waals surface area (Å²) < 4.78 is 43.8. The summed E-state index contributed by atoms with van der Waals surface area (Å²) in [5, 5.41) is 2.68. The van der Waals surface area contributed by atoms with Crippen molar-refractivity contribution < 1.29 is 22.4 Å². The molecule has 0 spiro atoms. The lowest BCUT2D eigenvalue weighted by Gasteiger charge is -2.08. The van der Waals surface area contributed by atoms with Crippen LogP contribution in [0.3, 0.4) is 0 Å². The zero-order chi connectivity index (χ0) is 18.2. The predicted octanol–water partition coefficient (Wildman–Crippen LogP) is 5.15. The lowest BCUT2D eigenvalue weighted by Crippen LogP contribution is -2.19. The van der Waals surface area contributed by atoms with Crippen molar-refractivity contribution in [1.82, 2.24) is 5.32 Å². The van der Waals surface area contributed by atoms with E-state index in [1.165, 1.54) is 6.08 Å². The summed E-state index contributed by atoms with van der Waals surface area (Å²) in [6.07, 6.45) is -2.98. The molecule has 1 saturated heterocycles. The number of amides is 1. The molecule has 0 bridgehead atoms. The van der Waals surface area contributed by atoms with Gasteiger partial charge in [-0.1, -0.05) is 11.6 Å². The lowest BCUT2D eigenvalue weighted by molar-refractivity contribution is -0.137. The second-order valence-corrected chi connectivity index (χ2v) is 6.53. The first kappa shape index (κ1) is 17.6. The minimum absolute atomic E-state index is 0.0504. The number of carbonyl (C=O) groups is 1. The third kappa shape index (κ3) is 4.08. The Balaban J connectivity index is 1.88. The number of nitrogens with one attached hydrogen (secondary N) is 1. The smallest absolute Gasteiger partial charge is 0.416 e. The number of thioether (sulfide) groups is 1. The average molecular weight is 387 g/mol. The highest BCUT2D eigenvalue weighted by atomic mass is 35.5. The fraction of sp³-hybridized carbons (Fsp3) is 0.125. The number of rotatable bonds is 2. The highest BCUT2D eigenvalue weighted by molar-refractivity contribution is 8.18. The van der Waals surface area contributed by atoms with E-state index >= 15 is 0 Å². The standard InChI is InChI=1S/C16H10ClF3N2O2S/c1-8-2-4-10(24-8)7-13-14(23)22-15(25-13)21-12-6-9(16(18,19)20)3-5-11(12)17/h2-7H,1H3,(H,21,22,23)/b13-7+. The molecule has 3 rings (SSSR count). The van der Waals surface area contributed by atoms with E-state index in [9.17, 15) is 18.0 Å². The molecule has 1 aliphatic heterocycles. The quantitative estimate of drug-likeness (QED) is 0.726. The van der Waals surface area contributed by atoms with E-state index in [1.54, 1.807) is 19.1 Å². The fourth-order valence-corrected chi connectivity index (χ4v) is 3.00. The van der Waals surface area contributed by atoms with Gasteiger partial charge in [-0.3, -0.25) is 4.79 Å². The number of aliphatic imine (C=N–C) groups is 1. The molecule has 1 aromatic heterocycles. The molecule has 9 heteroatoms. The van der Waals surface area contributed by atoms with E-state index in [2.05, 4.69) is 10.3 Å². The molecule has 0 saturated carbocycles. The molecule has 4 nitrogen and oxygen atoms in total. The number of nitrogens with zero attached hydrogens (tertiary/aromatic N) is 1. The van der Waals surface area contributed by atoms with Gasteiger partial charge in [-0.05, 0) is 49.0 Å². The molecule has 0 aliphatic carbocycles. The molecular weight excluding hydrogens is 377 g/mol. The van der Waals surface area contributed by atoms with Crippen molar-refractivity contribution in [2.24, 2.45) is 4.99 Å². The maximum absolute atomic E-state index is 12.8. The summed E-state index contributed by atoms with van der Waals surface area (Å²) in [6, 6.07) is 6.28. The van der Waals surface area contributed by atoms with E-state index < -0.39 is 17.6 Å². The molecule has 1 aromatic carbocycles. The van der Waals surface area contributed by atoms with Crippen LogP contribution in [0.25, 0.3) is 6.08 Å². The van der Waals surface area contributed by atoms with Gasteiger partial charge in [0, 0.05) is 6.08 Å². The van der Waals surface area contributed by atoms with Gasteiger partial charge in [0.25, 0.3) is 5.91 Å². The molecule has 0 radical (unpaired) electrons. The fourth-order valence-electron chi connectivity index (χ4n) is 2.02. The minimum Gasteiger partial charge on any atom is -0.462 e. The predicted molar refractivity (Wildman–Crippen MR) is 90.7 cm³/mol. The van der Waals surface area contributed by atoms with Crippen LogP contribution in [0.15, 0.2) is 44.6 Å². The Labute approximate surface area is 149 Å². The number of hydrogen-bond acceptors (Lipinski definition) is 4. The molecule has 130 valence electrons. The monoisotopic (exact) mass is 386 g/mol.